The van der Waals surface area contributed by atoms with Gasteiger partial charge in [0.15, 0.2) is 9.84 Å². The molecular formula is C9H21NO3S. The minimum Gasteiger partial charge on any atom is -0.395 e. The van der Waals surface area contributed by atoms with E-state index in [1.54, 1.807) is 6.92 Å². The van der Waals surface area contributed by atoms with Gasteiger partial charge in [0.25, 0.3) is 0 Å². The van der Waals surface area contributed by atoms with Gasteiger partial charge in [0.2, 0.25) is 0 Å². The molecule has 0 aliphatic rings. The minimum absolute atomic E-state index is 0.00273. The van der Waals surface area contributed by atoms with Crippen molar-refractivity contribution in [1.82, 2.24) is 5.32 Å². The molecule has 86 valence electrons. The Bertz CT molecular complexity index is 234. The first-order chi connectivity index (χ1) is 6.45. The first kappa shape index (κ1) is 13.9. The van der Waals surface area contributed by atoms with Crippen LogP contribution >= 0.6 is 0 Å². The van der Waals surface area contributed by atoms with E-state index in [4.69, 9.17) is 5.11 Å². The predicted octanol–water partition coefficient (Wildman–Crippen LogP) is 0.170. The van der Waals surface area contributed by atoms with Crippen LogP contribution in [0, 0.1) is 0 Å². The Labute approximate surface area is 86.6 Å². The van der Waals surface area contributed by atoms with E-state index in [2.05, 4.69) is 5.32 Å². The number of nitrogens with one attached hydrogen (secondary N) is 1. The van der Waals surface area contributed by atoms with Crippen molar-refractivity contribution in [3.05, 3.63) is 0 Å². The molecule has 0 aromatic heterocycles. The maximum atomic E-state index is 11.3. The van der Waals surface area contributed by atoms with Gasteiger partial charge in [-0.25, -0.2) is 8.42 Å². The van der Waals surface area contributed by atoms with E-state index in [1.165, 1.54) is 0 Å². The van der Waals surface area contributed by atoms with Crippen LogP contribution < -0.4 is 5.32 Å². The summed E-state index contributed by atoms with van der Waals surface area (Å²) < 4.78 is 22.5. The summed E-state index contributed by atoms with van der Waals surface area (Å²) in [4.78, 5) is 0. The van der Waals surface area contributed by atoms with Gasteiger partial charge in [0, 0.05) is 17.8 Å². The fraction of sp³-hybridized carbons (Fsp3) is 1.00. The molecule has 0 aromatic rings. The van der Waals surface area contributed by atoms with Gasteiger partial charge in [-0.05, 0) is 13.3 Å². The highest BCUT2D eigenvalue weighted by atomic mass is 32.2. The average molecular weight is 223 g/mol. The van der Waals surface area contributed by atoms with E-state index in [0.29, 0.717) is 0 Å². The first-order valence-corrected chi connectivity index (χ1v) is 6.84. The molecule has 0 saturated carbocycles. The maximum Gasteiger partial charge on any atom is 0.151 e. The fourth-order valence-corrected chi connectivity index (χ4v) is 2.34. The van der Waals surface area contributed by atoms with Crippen LogP contribution in [0.3, 0.4) is 0 Å². The van der Waals surface area contributed by atoms with Crippen LogP contribution in [0.1, 0.15) is 27.2 Å². The Balaban J connectivity index is 4.03. The first-order valence-electron chi connectivity index (χ1n) is 5.02. The van der Waals surface area contributed by atoms with Crippen molar-refractivity contribution in [1.29, 1.82) is 0 Å². The van der Waals surface area contributed by atoms with Crippen molar-refractivity contribution in [2.24, 2.45) is 0 Å². The number of rotatable bonds is 7. The molecule has 5 heteroatoms. The molecule has 0 bridgehead atoms. The standard InChI is InChI=1S/C9H21NO3S/c1-4-9(6-11)10-8(3)7-14(12,13)5-2/h8-11H,4-7H2,1-3H3/t8?,9-/m1/s1. The predicted molar refractivity (Wildman–Crippen MR) is 58.1 cm³/mol. The third kappa shape index (κ3) is 5.57. The van der Waals surface area contributed by atoms with E-state index in [1.807, 2.05) is 13.8 Å². The highest BCUT2D eigenvalue weighted by Gasteiger charge is 2.15. The lowest BCUT2D eigenvalue weighted by molar-refractivity contribution is 0.232. The maximum absolute atomic E-state index is 11.3. The van der Waals surface area contributed by atoms with Gasteiger partial charge >= 0.3 is 0 Å². The normalized spacial score (nSPS) is 16.6. The van der Waals surface area contributed by atoms with Gasteiger partial charge in [-0.15, -0.1) is 0 Å². The Kier molecular flexibility index (Phi) is 6.31. The van der Waals surface area contributed by atoms with E-state index < -0.39 is 9.84 Å². The lowest BCUT2D eigenvalue weighted by Crippen LogP contribution is -2.42. The van der Waals surface area contributed by atoms with Crippen molar-refractivity contribution in [3.8, 4) is 0 Å². The fourth-order valence-electron chi connectivity index (χ4n) is 1.25. The quantitative estimate of drug-likeness (QED) is 0.646. The third-order valence-corrected chi connectivity index (χ3v) is 4.06. The highest BCUT2D eigenvalue weighted by Crippen LogP contribution is 1.97. The molecular weight excluding hydrogens is 202 g/mol. The van der Waals surface area contributed by atoms with Crippen LogP contribution in [0.25, 0.3) is 0 Å². The minimum atomic E-state index is -2.92. The summed E-state index contributed by atoms with van der Waals surface area (Å²) in [5, 5.41) is 12.0. The monoisotopic (exact) mass is 223 g/mol. The van der Waals surface area contributed by atoms with Gasteiger partial charge in [-0.1, -0.05) is 13.8 Å². The van der Waals surface area contributed by atoms with Crippen molar-refractivity contribution >= 4 is 9.84 Å². The van der Waals surface area contributed by atoms with Gasteiger partial charge < -0.3 is 10.4 Å². The molecule has 1 unspecified atom stereocenters. The highest BCUT2D eigenvalue weighted by molar-refractivity contribution is 7.91. The van der Waals surface area contributed by atoms with Gasteiger partial charge in [0.1, 0.15) is 0 Å². The molecule has 0 saturated heterocycles. The van der Waals surface area contributed by atoms with E-state index in [0.717, 1.165) is 6.42 Å². The van der Waals surface area contributed by atoms with Crippen molar-refractivity contribution < 1.29 is 13.5 Å². The summed E-state index contributed by atoms with van der Waals surface area (Å²) in [6.45, 7) is 5.47. The SMILES string of the molecule is CC[C@H](CO)NC(C)CS(=O)(=O)CC. The number of hydrogen-bond donors (Lipinski definition) is 2. The van der Waals surface area contributed by atoms with Crippen molar-refractivity contribution in [3.63, 3.8) is 0 Å². The van der Waals surface area contributed by atoms with E-state index in [9.17, 15) is 8.42 Å². The number of hydrogen-bond acceptors (Lipinski definition) is 4. The third-order valence-electron chi connectivity index (χ3n) is 2.18. The molecule has 2 atom stereocenters. The van der Waals surface area contributed by atoms with Gasteiger partial charge in [0.05, 0.1) is 12.4 Å². The summed E-state index contributed by atoms with van der Waals surface area (Å²) in [5.74, 6) is 0.314. The summed E-state index contributed by atoms with van der Waals surface area (Å²) in [6, 6.07) is -0.103. The van der Waals surface area contributed by atoms with Crippen molar-refractivity contribution in [2.45, 2.75) is 39.3 Å². The van der Waals surface area contributed by atoms with Gasteiger partial charge in [-0.3, -0.25) is 0 Å². The molecule has 0 aliphatic carbocycles. The Hall–Kier alpha value is -0.130. The van der Waals surface area contributed by atoms with E-state index >= 15 is 0 Å². The van der Waals surface area contributed by atoms with Gasteiger partial charge in [-0.2, -0.15) is 0 Å². The van der Waals surface area contributed by atoms with Crippen LogP contribution in [0.5, 0.6) is 0 Å². The molecule has 0 aromatic carbocycles. The molecule has 0 aliphatic heterocycles. The Morgan fingerprint density at radius 1 is 1.36 bits per heavy atom. The lowest BCUT2D eigenvalue weighted by atomic mass is 10.2. The second-order valence-electron chi connectivity index (χ2n) is 3.55. The molecule has 0 amide bonds. The number of aliphatic hydroxyl groups is 1. The summed E-state index contributed by atoms with van der Waals surface area (Å²) in [6.07, 6.45) is 0.799. The summed E-state index contributed by atoms with van der Waals surface area (Å²) in [5.41, 5.74) is 0. The van der Waals surface area contributed by atoms with Crippen LogP contribution in [0.2, 0.25) is 0 Å². The van der Waals surface area contributed by atoms with Crippen molar-refractivity contribution in [2.75, 3.05) is 18.1 Å². The Morgan fingerprint density at radius 2 is 1.93 bits per heavy atom. The molecule has 0 heterocycles. The van der Waals surface area contributed by atoms with Crippen LogP contribution in [-0.4, -0.2) is 43.7 Å². The van der Waals surface area contributed by atoms with E-state index in [-0.39, 0.29) is 30.2 Å². The molecule has 0 spiro atoms. The summed E-state index contributed by atoms with van der Waals surface area (Å²) >= 11 is 0. The van der Waals surface area contributed by atoms with Crippen LogP contribution in [-0.2, 0) is 9.84 Å². The molecule has 0 radical (unpaired) electrons. The Morgan fingerprint density at radius 3 is 2.29 bits per heavy atom. The largest absolute Gasteiger partial charge is 0.395 e. The number of aliphatic hydroxyl groups excluding tert-OH is 1. The molecule has 2 N–H and O–H groups in total. The molecule has 14 heavy (non-hydrogen) atoms. The van der Waals surface area contributed by atoms with Crippen LogP contribution in [0.4, 0.5) is 0 Å². The molecule has 4 nitrogen and oxygen atoms in total. The average Bonchev–Trinajstić information content (AvgIpc) is 2.13. The van der Waals surface area contributed by atoms with Crippen LogP contribution in [0.15, 0.2) is 0 Å². The second-order valence-corrected chi connectivity index (χ2v) is 5.95. The molecule has 0 rings (SSSR count). The summed E-state index contributed by atoms with van der Waals surface area (Å²) in [7, 11) is -2.92. The zero-order valence-corrected chi connectivity index (χ0v) is 9.97. The zero-order valence-electron chi connectivity index (χ0n) is 9.16. The smallest absolute Gasteiger partial charge is 0.151 e. The second kappa shape index (κ2) is 6.37. The number of sulfone groups is 1. The molecule has 0 fully saturated rings. The topological polar surface area (TPSA) is 66.4 Å². The zero-order chi connectivity index (χ0) is 11.2. The lowest BCUT2D eigenvalue weighted by Gasteiger charge is -2.20.